The van der Waals surface area contributed by atoms with Gasteiger partial charge in [-0.2, -0.15) is 5.10 Å². The van der Waals surface area contributed by atoms with Crippen molar-refractivity contribution >= 4 is 23.0 Å². The summed E-state index contributed by atoms with van der Waals surface area (Å²) in [5.74, 6) is 0.390. The van der Waals surface area contributed by atoms with E-state index in [4.69, 9.17) is 4.74 Å². The first-order valence-electron chi connectivity index (χ1n) is 8.55. The fourth-order valence-electron chi connectivity index (χ4n) is 2.92. The molecule has 0 amide bonds. The summed E-state index contributed by atoms with van der Waals surface area (Å²) in [6.45, 7) is 3.94. The molecule has 136 valence electrons. The normalized spacial score (nSPS) is 10.9. The fraction of sp³-hybridized carbons (Fsp3) is 0.316. The van der Waals surface area contributed by atoms with E-state index in [-0.39, 0.29) is 5.75 Å². The molecule has 1 aromatic carbocycles. The van der Waals surface area contributed by atoms with Crippen molar-refractivity contribution < 1.29 is 14.6 Å². The Bertz CT molecular complexity index is 949. The average Bonchev–Trinajstić information content (AvgIpc) is 2.98. The van der Waals surface area contributed by atoms with Crippen LogP contribution in [0.25, 0.3) is 5.52 Å². The molecule has 0 radical (unpaired) electrons. The van der Waals surface area contributed by atoms with Gasteiger partial charge in [0.2, 0.25) is 0 Å². The van der Waals surface area contributed by atoms with Gasteiger partial charge in [-0.1, -0.05) is 19.4 Å². The lowest BCUT2D eigenvalue weighted by atomic mass is 10.1. The van der Waals surface area contributed by atoms with E-state index in [1.165, 1.54) is 13.4 Å². The monoisotopic (exact) mass is 354 g/mol. The SMILES string of the molecule is CCCCc1ccc(Nc2ncnn3cc(C(=O)OC)c(C)c23)cc1O. The van der Waals surface area contributed by atoms with Gasteiger partial charge in [-0.25, -0.2) is 14.3 Å². The summed E-state index contributed by atoms with van der Waals surface area (Å²) in [5.41, 5.74) is 3.49. The van der Waals surface area contributed by atoms with Gasteiger partial charge in [0, 0.05) is 18.0 Å². The highest BCUT2D eigenvalue weighted by molar-refractivity contribution is 5.95. The number of hydrogen-bond donors (Lipinski definition) is 2. The van der Waals surface area contributed by atoms with Crippen LogP contribution in [0.3, 0.4) is 0 Å². The zero-order valence-electron chi connectivity index (χ0n) is 15.1. The Balaban J connectivity index is 1.95. The van der Waals surface area contributed by atoms with Gasteiger partial charge in [0.25, 0.3) is 0 Å². The highest BCUT2D eigenvalue weighted by atomic mass is 16.5. The van der Waals surface area contributed by atoms with E-state index < -0.39 is 5.97 Å². The Morgan fingerprint density at radius 3 is 2.88 bits per heavy atom. The number of phenolic OH excluding ortho intramolecular Hbond substituents is 1. The fourth-order valence-corrected chi connectivity index (χ4v) is 2.92. The maximum absolute atomic E-state index is 11.9. The van der Waals surface area contributed by atoms with Crippen molar-refractivity contribution in [2.45, 2.75) is 33.1 Å². The van der Waals surface area contributed by atoms with Crippen LogP contribution in [0.15, 0.2) is 30.7 Å². The summed E-state index contributed by atoms with van der Waals surface area (Å²) in [7, 11) is 1.35. The number of fused-ring (bicyclic) bond motifs is 1. The van der Waals surface area contributed by atoms with Crippen LogP contribution in [0, 0.1) is 6.92 Å². The topological polar surface area (TPSA) is 88.8 Å². The Kier molecular flexibility index (Phi) is 5.06. The number of nitrogens with one attached hydrogen (secondary N) is 1. The quantitative estimate of drug-likeness (QED) is 0.657. The van der Waals surface area contributed by atoms with E-state index in [0.717, 1.165) is 30.4 Å². The van der Waals surface area contributed by atoms with Crippen molar-refractivity contribution in [3.63, 3.8) is 0 Å². The van der Waals surface area contributed by atoms with Crippen molar-refractivity contribution in [1.29, 1.82) is 0 Å². The number of benzene rings is 1. The molecule has 0 saturated heterocycles. The number of methoxy groups -OCH3 is 1. The average molecular weight is 354 g/mol. The van der Waals surface area contributed by atoms with Crippen LogP contribution in [0.1, 0.15) is 41.3 Å². The predicted molar refractivity (Wildman–Crippen MR) is 99.1 cm³/mol. The van der Waals surface area contributed by atoms with Crippen molar-refractivity contribution in [1.82, 2.24) is 14.6 Å². The standard InChI is InChI=1S/C19H22N4O3/c1-4-5-6-13-7-8-14(9-16(13)24)22-18-17-12(2)15(19(25)26-3)10-23(17)21-11-20-18/h7-11,24H,4-6H2,1-3H3,(H,20,21,22). The van der Waals surface area contributed by atoms with Crippen molar-refractivity contribution in [3.8, 4) is 5.75 Å². The second-order valence-electron chi connectivity index (χ2n) is 6.13. The van der Waals surface area contributed by atoms with E-state index in [1.54, 1.807) is 16.8 Å². The molecule has 7 heteroatoms. The zero-order chi connectivity index (χ0) is 18.7. The molecule has 3 aromatic rings. The smallest absolute Gasteiger partial charge is 0.339 e. The molecule has 26 heavy (non-hydrogen) atoms. The Hall–Kier alpha value is -3.09. The van der Waals surface area contributed by atoms with Crippen LogP contribution in [-0.2, 0) is 11.2 Å². The number of anilines is 2. The van der Waals surface area contributed by atoms with E-state index in [1.807, 2.05) is 19.1 Å². The molecule has 0 saturated carbocycles. The minimum Gasteiger partial charge on any atom is -0.508 e. The van der Waals surface area contributed by atoms with Crippen LogP contribution in [0.4, 0.5) is 11.5 Å². The molecule has 0 aliphatic heterocycles. The number of aromatic nitrogens is 3. The molecule has 2 N–H and O–H groups in total. The number of rotatable bonds is 6. The van der Waals surface area contributed by atoms with Gasteiger partial charge in [-0.15, -0.1) is 0 Å². The molecule has 2 heterocycles. The molecular formula is C19H22N4O3. The maximum atomic E-state index is 11.9. The third kappa shape index (κ3) is 3.33. The number of ether oxygens (including phenoxy) is 1. The molecule has 0 fully saturated rings. The van der Waals surface area contributed by atoms with Crippen LogP contribution < -0.4 is 5.32 Å². The molecule has 0 bridgehead atoms. The van der Waals surface area contributed by atoms with Crippen LogP contribution in [-0.4, -0.2) is 32.8 Å². The number of unbranched alkanes of at least 4 members (excludes halogenated alkanes) is 1. The molecule has 7 nitrogen and oxygen atoms in total. The van der Waals surface area contributed by atoms with E-state index in [2.05, 4.69) is 22.3 Å². The van der Waals surface area contributed by atoms with Crippen molar-refractivity contribution in [2.75, 3.05) is 12.4 Å². The number of aryl methyl sites for hydroxylation is 2. The van der Waals surface area contributed by atoms with Crippen molar-refractivity contribution in [2.24, 2.45) is 0 Å². The molecule has 0 unspecified atom stereocenters. The molecule has 0 aliphatic rings. The lowest BCUT2D eigenvalue weighted by Crippen LogP contribution is -2.01. The molecule has 0 aliphatic carbocycles. The van der Waals surface area contributed by atoms with Gasteiger partial charge in [0.05, 0.1) is 12.7 Å². The Morgan fingerprint density at radius 2 is 2.19 bits per heavy atom. The first-order valence-corrected chi connectivity index (χ1v) is 8.55. The Labute approximate surface area is 151 Å². The molecular weight excluding hydrogens is 332 g/mol. The first kappa shape index (κ1) is 17.7. The lowest BCUT2D eigenvalue weighted by molar-refractivity contribution is 0.0600. The number of nitrogens with zero attached hydrogens (tertiary/aromatic N) is 3. The van der Waals surface area contributed by atoms with Gasteiger partial charge >= 0.3 is 5.97 Å². The molecule has 0 spiro atoms. The summed E-state index contributed by atoms with van der Waals surface area (Å²) in [6.07, 6.45) is 5.99. The number of phenols is 1. The highest BCUT2D eigenvalue weighted by Gasteiger charge is 2.18. The first-order chi connectivity index (χ1) is 12.5. The van der Waals surface area contributed by atoms with E-state index >= 15 is 0 Å². The van der Waals surface area contributed by atoms with Gasteiger partial charge in [0.1, 0.15) is 17.6 Å². The van der Waals surface area contributed by atoms with Crippen LogP contribution in [0.2, 0.25) is 0 Å². The van der Waals surface area contributed by atoms with Gasteiger partial charge in [-0.3, -0.25) is 0 Å². The highest BCUT2D eigenvalue weighted by Crippen LogP contribution is 2.29. The third-order valence-electron chi connectivity index (χ3n) is 4.38. The minimum absolute atomic E-state index is 0.260. The van der Waals surface area contributed by atoms with E-state index in [9.17, 15) is 9.90 Å². The maximum Gasteiger partial charge on any atom is 0.339 e. The molecule has 2 aromatic heterocycles. The third-order valence-corrected chi connectivity index (χ3v) is 4.38. The number of carbonyl (C=O) groups excluding carboxylic acids is 1. The van der Waals surface area contributed by atoms with Crippen LogP contribution in [0.5, 0.6) is 5.75 Å². The minimum atomic E-state index is -0.420. The largest absolute Gasteiger partial charge is 0.508 e. The molecule has 0 atom stereocenters. The number of hydrogen-bond acceptors (Lipinski definition) is 6. The van der Waals surface area contributed by atoms with Gasteiger partial charge in [0.15, 0.2) is 5.82 Å². The summed E-state index contributed by atoms with van der Waals surface area (Å²) >= 11 is 0. The van der Waals surface area contributed by atoms with E-state index in [0.29, 0.717) is 22.6 Å². The van der Waals surface area contributed by atoms with Crippen molar-refractivity contribution in [3.05, 3.63) is 47.4 Å². The predicted octanol–water partition coefficient (Wildman–Crippen LogP) is 3.62. The summed E-state index contributed by atoms with van der Waals surface area (Å²) in [4.78, 5) is 16.2. The van der Waals surface area contributed by atoms with Gasteiger partial charge in [-0.05, 0) is 37.0 Å². The zero-order valence-corrected chi connectivity index (χ0v) is 15.1. The summed E-state index contributed by atoms with van der Waals surface area (Å²) in [5, 5.41) is 17.6. The van der Waals surface area contributed by atoms with Crippen LogP contribution >= 0.6 is 0 Å². The second-order valence-corrected chi connectivity index (χ2v) is 6.13. The summed E-state index contributed by atoms with van der Waals surface area (Å²) < 4.78 is 6.40. The molecule has 3 rings (SSSR count). The summed E-state index contributed by atoms with van der Waals surface area (Å²) in [6, 6.07) is 5.50. The number of aromatic hydroxyl groups is 1. The van der Waals surface area contributed by atoms with Gasteiger partial charge < -0.3 is 15.2 Å². The number of esters is 1. The Morgan fingerprint density at radius 1 is 1.38 bits per heavy atom. The lowest BCUT2D eigenvalue weighted by Gasteiger charge is -2.10. The second kappa shape index (κ2) is 7.43. The number of carbonyl (C=O) groups is 1.